The minimum Gasteiger partial charge on any atom is -0.382 e. The quantitative estimate of drug-likeness (QED) is 0.750. The molecule has 5 nitrogen and oxygen atoms in total. The average molecular weight is 402 g/mol. The van der Waals surface area contributed by atoms with Crippen LogP contribution in [0.4, 0.5) is 5.13 Å². The average Bonchev–Trinajstić information content (AvgIpc) is 3.07. The number of nitrogens with zero attached hydrogens (tertiary/aromatic N) is 2. The molecule has 0 radical (unpaired) electrons. The summed E-state index contributed by atoms with van der Waals surface area (Å²) in [5, 5.41) is 0.688. The van der Waals surface area contributed by atoms with E-state index in [4.69, 9.17) is 15.2 Å². The zero-order valence-corrected chi connectivity index (χ0v) is 17.6. The van der Waals surface area contributed by atoms with Gasteiger partial charge in [-0.2, -0.15) is 0 Å². The van der Waals surface area contributed by atoms with E-state index in [1.807, 2.05) is 0 Å². The van der Waals surface area contributed by atoms with Gasteiger partial charge in [0.25, 0.3) is 0 Å². The summed E-state index contributed by atoms with van der Waals surface area (Å²) in [6, 6.07) is 5.45. The summed E-state index contributed by atoms with van der Waals surface area (Å²) in [6.45, 7) is 4.39. The molecule has 2 bridgehead atoms. The number of methoxy groups -OCH3 is 1. The van der Waals surface area contributed by atoms with Gasteiger partial charge in [0.05, 0.1) is 30.0 Å². The Labute approximate surface area is 171 Å². The Kier molecular flexibility index (Phi) is 5.07. The van der Waals surface area contributed by atoms with Crippen molar-refractivity contribution in [3.05, 3.63) is 23.3 Å². The number of hydrogen-bond acceptors (Lipinski definition) is 6. The molecule has 1 saturated heterocycles. The van der Waals surface area contributed by atoms with Crippen LogP contribution in [0.25, 0.3) is 10.2 Å². The summed E-state index contributed by atoms with van der Waals surface area (Å²) >= 11 is 1.62. The van der Waals surface area contributed by atoms with E-state index in [0.29, 0.717) is 29.8 Å². The van der Waals surface area contributed by atoms with Crippen LogP contribution in [0.5, 0.6) is 0 Å². The number of thiazole rings is 1. The number of ether oxygens (including phenoxy) is 2. The van der Waals surface area contributed by atoms with Crippen LogP contribution in [0.15, 0.2) is 12.1 Å². The van der Waals surface area contributed by atoms with E-state index in [-0.39, 0.29) is 0 Å². The molecule has 0 amide bonds. The number of likely N-dealkylation sites (tertiary alicyclic amines) is 1. The predicted octanol–water partition coefficient (Wildman–Crippen LogP) is 3.60. The Morgan fingerprint density at radius 1 is 1.25 bits per heavy atom. The molecular formula is C22H31N3O2S. The van der Waals surface area contributed by atoms with Crippen molar-refractivity contribution in [2.24, 2.45) is 5.92 Å². The first-order chi connectivity index (χ1) is 13.7. The standard InChI is InChI=1S/C22H31N3O2S/c1-26-10-11-27-9-8-25-7-6-22-5-3-2-4-16(22)19(25)12-15-13-20-18(14-17(15)22)24-21(23)28-20/h13-14,16,19H,2-12H2,1H3,(H2,23,24)/t16-,19+,22+/m0/s1. The molecule has 2 aliphatic carbocycles. The molecule has 2 N–H and O–H groups in total. The van der Waals surface area contributed by atoms with Crippen molar-refractivity contribution in [1.82, 2.24) is 9.88 Å². The number of aromatic nitrogens is 1. The number of nitrogen functional groups attached to an aromatic ring is 1. The van der Waals surface area contributed by atoms with E-state index >= 15 is 0 Å². The van der Waals surface area contributed by atoms with Crippen molar-refractivity contribution in [3.8, 4) is 0 Å². The Morgan fingerprint density at radius 2 is 2.18 bits per heavy atom. The molecule has 2 heterocycles. The molecule has 0 spiro atoms. The van der Waals surface area contributed by atoms with Crippen LogP contribution >= 0.6 is 11.3 Å². The lowest BCUT2D eigenvalue weighted by molar-refractivity contribution is -0.0273. The predicted molar refractivity (Wildman–Crippen MR) is 114 cm³/mol. The van der Waals surface area contributed by atoms with Crippen LogP contribution in [0, 0.1) is 5.92 Å². The highest BCUT2D eigenvalue weighted by molar-refractivity contribution is 7.22. The SMILES string of the molecule is COCCOCCN1CC[C@]23CCCC[C@H]2[C@H]1Cc1cc2sc(N)nc2cc13. The zero-order chi connectivity index (χ0) is 19.1. The normalized spacial score (nSPS) is 29.6. The third-order valence-corrected chi connectivity index (χ3v) is 8.27. The third kappa shape index (κ3) is 3.05. The fraction of sp³-hybridized carbons (Fsp3) is 0.682. The van der Waals surface area contributed by atoms with Crippen LogP contribution in [-0.4, -0.2) is 55.9 Å². The van der Waals surface area contributed by atoms with Gasteiger partial charge in [-0.3, -0.25) is 4.90 Å². The molecule has 28 heavy (non-hydrogen) atoms. The summed E-state index contributed by atoms with van der Waals surface area (Å²) < 4.78 is 12.1. The molecule has 6 heteroatoms. The molecule has 2 aromatic rings. The largest absolute Gasteiger partial charge is 0.382 e. The Hall–Kier alpha value is -1.21. The van der Waals surface area contributed by atoms with Gasteiger partial charge in [-0.25, -0.2) is 4.98 Å². The number of benzene rings is 1. The molecule has 3 atom stereocenters. The van der Waals surface area contributed by atoms with Crippen LogP contribution in [0.1, 0.15) is 43.2 Å². The summed E-state index contributed by atoms with van der Waals surface area (Å²) in [5.41, 5.74) is 10.6. The van der Waals surface area contributed by atoms with E-state index < -0.39 is 0 Å². The summed E-state index contributed by atoms with van der Waals surface area (Å²) in [7, 11) is 1.73. The molecule has 2 fully saturated rings. The molecule has 1 saturated carbocycles. The second kappa shape index (κ2) is 7.56. The van der Waals surface area contributed by atoms with Crippen LogP contribution in [0.3, 0.4) is 0 Å². The number of hydrogen-bond donors (Lipinski definition) is 1. The monoisotopic (exact) mass is 401 g/mol. The van der Waals surface area contributed by atoms with Crippen LogP contribution < -0.4 is 5.73 Å². The number of anilines is 1. The van der Waals surface area contributed by atoms with Gasteiger partial charge in [0.1, 0.15) is 0 Å². The van der Waals surface area contributed by atoms with Crippen LogP contribution in [-0.2, 0) is 21.3 Å². The van der Waals surface area contributed by atoms with Crippen molar-refractivity contribution in [3.63, 3.8) is 0 Å². The number of piperidine rings is 1. The lowest BCUT2D eigenvalue weighted by atomic mass is 9.52. The van der Waals surface area contributed by atoms with Gasteiger partial charge >= 0.3 is 0 Å². The summed E-state index contributed by atoms with van der Waals surface area (Å²) in [5.74, 6) is 0.773. The smallest absolute Gasteiger partial charge is 0.181 e. The fourth-order valence-corrected chi connectivity index (χ4v) is 7.02. The minimum absolute atomic E-state index is 0.358. The maximum Gasteiger partial charge on any atom is 0.181 e. The van der Waals surface area contributed by atoms with Crippen LogP contribution in [0.2, 0.25) is 0 Å². The van der Waals surface area contributed by atoms with E-state index in [1.165, 1.54) is 43.3 Å². The Bertz CT molecular complexity index is 854. The van der Waals surface area contributed by atoms with E-state index in [9.17, 15) is 0 Å². The molecule has 5 rings (SSSR count). The third-order valence-electron chi connectivity index (χ3n) is 7.43. The van der Waals surface area contributed by atoms with Gasteiger partial charge in [0.2, 0.25) is 0 Å². The van der Waals surface area contributed by atoms with Gasteiger partial charge in [-0.15, -0.1) is 0 Å². The number of nitrogens with two attached hydrogens (primary N) is 1. The van der Waals surface area contributed by atoms with Gasteiger partial charge in [-0.05, 0) is 61.4 Å². The van der Waals surface area contributed by atoms with E-state index in [1.54, 1.807) is 29.6 Å². The van der Waals surface area contributed by atoms with Crippen molar-refractivity contribution in [1.29, 1.82) is 0 Å². The van der Waals surface area contributed by atoms with Gasteiger partial charge in [0.15, 0.2) is 5.13 Å². The van der Waals surface area contributed by atoms with Gasteiger partial charge in [-0.1, -0.05) is 24.2 Å². The van der Waals surface area contributed by atoms with E-state index in [0.717, 1.165) is 31.0 Å². The number of rotatable bonds is 6. The fourth-order valence-electron chi connectivity index (χ4n) is 6.24. The van der Waals surface area contributed by atoms with Crippen molar-refractivity contribution in [2.75, 3.05) is 45.8 Å². The van der Waals surface area contributed by atoms with Crippen molar-refractivity contribution in [2.45, 2.75) is 50.0 Å². The molecule has 0 unspecified atom stereocenters. The topological polar surface area (TPSA) is 60.6 Å². The molecule has 1 aromatic carbocycles. The molecule has 3 aliphatic rings. The first-order valence-corrected chi connectivity index (χ1v) is 11.5. The summed E-state index contributed by atoms with van der Waals surface area (Å²) in [4.78, 5) is 7.32. The zero-order valence-electron chi connectivity index (χ0n) is 16.8. The highest BCUT2D eigenvalue weighted by Gasteiger charge is 2.53. The first-order valence-electron chi connectivity index (χ1n) is 10.7. The highest BCUT2D eigenvalue weighted by atomic mass is 32.1. The minimum atomic E-state index is 0.358. The van der Waals surface area contributed by atoms with Crippen molar-refractivity contribution >= 4 is 26.7 Å². The Morgan fingerprint density at radius 3 is 3.07 bits per heavy atom. The van der Waals surface area contributed by atoms with Gasteiger partial charge in [0, 0.05) is 25.1 Å². The van der Waals surface area contributed by atoms with E-state index in [2.05, 4.69) is 22.0 Å². The van der Waals surface area contributed by atoms with Crippen molar-refractivity contribution < 1.29 is 9.47 Å². The molecule has 1 aromatic heterocycles. The van der Waals surface area contributed by atoms with Gasteiger partial charge < -0.3 is 15.2 Å². The summed E-state index contributed by atoms with van der Waals surface area (Å²) in [6.07, 6.45) is 7.87. The maximum absolute atomic E-state index is 6.01. The lowest BCUT2D eigenvalue weighted by Crippen LogP contribution is -2.61. The maximum atomic E-state index is 6.01. The number of fused-ring (bicyclic) bond motifs is 2. The highest BCUT2D eigenvalue weighted by Crippen LogP contribution is 2.56. The molecule has 152 valence electrons. The second-order valence-electron chi connectivity index (χ2n) is 8.70. The Balaban J connectivity index is 1.45. The lowest BCUT2D eigenvalue weighted by Gasteiger charge is -2.59. The molecular weight excluding hydrogens is 370 g/mol. The first kappa shape index (κ1) is 18.8. The molecule has 1 aliphatic heterocycles. The second-order valence-corrected chi connectivity index (χ2v) is 9.76.